The van der Waals surface area contributed by atoms with Crippen LogP contribution in [0.1, 0.15) is 5.56 Å². The minimum atomic E-state index is -0.436. The van der Waals surface area contributed by atoms with E-state index < -0.39 is 5.82 Å². The molecule has 3 rings (SSSR count). The molecule has 100 valence electrons. The van der Waals surface area contributed by atoms with Crippen molar-refractivity contribution >= 4 is 34.1 Å². The van der Waals surface area contributed by atoms with Crippen molar-refractivity contribution in [3.63, 3.8) is 0 Å². The SMILES string of the molecule is Cc1ccc(-c2nc(Cl)c3c(F)cccc3n2)c(Cl)c1. The van der Waals surface area contributed by atoms with Gasteiger partial charge in [0.1, 0.15) is 11.0 Å². The summed E-state index contributed by atoms with van der Waals surface area (Å²) in [5, 5.41) is 0.845. The summed E-state index contributed by atoms with van der Waals surface area (Å²) in [7, 11) is 0. The van der Waals surface area contributed by atoms with Crippen molar-refractivity contribution in [2.75, 3.05) is 0 Å². The first-order chi connectivity index (χ1) is 9.56. The van der Waals surface area contributed by atoms with Gasteiger partial charge < -0.3 is 0 Å². The van der Waals surface area contributed by atoms with Crippen molar-refractivity contribution < 1.29 is 4.39 Å². The first-order valence-electron chi connectivity index (χ1n) is 5.94. The quantitative estimate of drug-likeness (QED) is 0.588. The maximum atomic E-state index is 13.7. The lowest BCUT2D eigenvalue weighted by molar-refractivity contribution is 0.639. The largest absolute Gasteiger partial charge is 0.228 e. The Morgan fingerprint density at radius 2 is 1.85 bits per heavy atom. The summed E-state index contributed by atoms with van der Waals surface area (Å²) < 4.78 is 13.7. The monoisotopic (exact) mass is 306 g/mol. The molecule has 0 aliphatic carbocycles. The zero-order chi connectivity index (χ0) is 14.3. The molecule has 2 aromatic carbocycles. The second-order valence-electron chi connectivity index (χ2n) is 4.46. The summed E-state index contributed by atoms with van der Waals surface area (Å²) in [6.45, 7) is 1.94. The Labute approximate surface area is 125 Å². The third-order valence-corrected chi connectivity index (χ3v) is 3.58. The van der Waals surface area contributed by atoms with E-state index in [2.05, 4.69) is 9.97 Å². The van der Waals surface area contributed by atoms with E-state index in [-0.39, 0.29) is 10.5 Å². The van der Waals surface area contributed by atoms with Crippen LogP contribution in [0.25, 0.3) is 22.3 Å². The molecule has 0 bridgehead atoms. The van der Waals surface area contributed by atoms with Gasteiger partial charge in [-0.1, -0.05) is 35.3 Å². The summed E-state index contributed by atoms with van der Waals surface area (Å²) in [6.07, 6.45) is 0. The highest BCUT2D eigenvalue weighted by Crippen LogP contribution is 2.30. The molecule has 0 saturated carbocycles. The molecule has 5 heteroatoms. The molecule has 0 aliphatic rings. The normalized spacial score (nSPS) is 11.0. The average Bonchev–Trinajstić information content (AvgIpc) is 2.38. The van der Waals surface area contributed by atoms with Crippen molar-refractivity contribution in [1.82, 2.24) is 9.97 Å². The van der Waals surface area contributed by atoms with Crippen molar-refractivity contribution in [3.05, 3.63) is 58.0 Å². The molecule has 0 spiro atoms. The van der Waals surface area contributed by atoms with Gasteiger partial charge in [0.15, 0.2) is 5.82 Å². The smallest absolute Gasteiger partial charge is 0.162 e. The Bertz CT molecular complexity index is 818. The van der Waals surface area contributed by atoms with Crippen molar-refractivity contribution in [1.29, 1.82) is 0 Å². The number of hydrogen-bond acceptors (Lipinski definition) is 2. The van der Waals surface area contributed by atoms with Crippen LogP contribution in [0.15, 0.2) is 36.4 Å². The number of rotatable bonds is 1. The molecule has 1 aromatic heterocycles. The van der Waals surface area contributed by atoms with Gasteiger partial charge in [-0.2, -0.15) is 0 Å². The van der Waals surface area contributed by atoms with E-state index in [1.807, 2.05) is 25.1 Å². The van der Waals surface area contributed by atoms with Crippen molar-refractivity contribution in [2.24, 2.45) is 0 Å². The molecule has 0 saturated heterocycles. The number of halogens is 3. The van der Waals surface area contributed by atoms with E-state index in [9.17, 15) is 4.39 Å². The van der Waals surface area contributed by atoms with Gasteiger partial charge in [0.2, 0.25) is 0 Å². The fourth-order valence-corrected chi connectivity index (χ4v) is 2.61. The molecular formula is C15H9Cl2FN2. The molecule has 0 unspecified atom stereocenters. The van der Waals surface area contributed by atoms with Crippen LogP contribution < -0.4 is 0 Å². The molecule has 3 aromatic rings. The summed E-state index contributed by atoms with van der Waals surface area (Å²) in [5.41, 5.74) is 2.17. The zero-order valence-electron chi connectivity index (χ0n) is 10.5. The summed E-state index contributed by atoms with van der Waals surface area (Å²) >= 11 is 12.3. The first-order valence-corrected chi connectivity index (χ1v) is 6.70. The topological polar surface area (TPSA) is 25.8 Å². The molecule has 2 nitrogen and oxygen atoms in total. The van der Waals surface area contributed by atoms with Crippen LogP contribution in [0.4, 0.5) is 4.39 Å². The van der Waals surface area contributed by atoms with Gasteiger partial charge in [0.25, 0.3) is 0 Å². The number of benzene rings is 2. The van der Waals surface area contributed by atoms with E-state index in [1.165, 1.54) is 6.07 Å². The van der Waals surface area contributed by atoms with Gasteiger partial charge in [-0.15, -0.1) is 0 Å². The average molecular weight is 307 g/mol. The van der Waals surface area contributed by atoms with Gasteiger partial charge in [0.05, 0.1) is 15.9 Å². The third kappa shape index (κ3) is 2.23. The molecule has 1 heterocycles. The first kappa shape index (κ1) is 13.3. The van der Waals surface area contributed by atoms with Crippen LogP contribution in [0.5, 0.6) is 0 Å². The van der Waals surface area contributed by atoms with Gasteiger partial charge in [-0.05, 0) is 36.8 Å². The maximum Gasteiger partial charge on any atom is 0.162 e. The number of hydrogen-bond donors (Lipinski definition) is 0. The Morgan fingerprint density at radius 3 is 2.60 bits per heavy atom. The Hall–Kier alpha value is -1.71. The van der Waals surface area contributed by atoms with Gasteiger partial charge in [-0.3, -0.25) is 0 Å². The Morgan fingerprint density at radius 1 is 1.05 bits per heavy atom. The van der Waals surface area contributed by atoms with E-state index >= 15 is 0 Å². The summed E-state index contributed by atoms with van der Waals surface area (Å²) in [5.74, 6) is -0.0489. The van der Waals surface area contributed by atoms with Crippen LogP contribution >= 0.6 is 23.2 Å². The highest BCUT2D eigenvalue weighted by molar-refractivity contribution is 6.35. The van der Waals surface area contributed by atoms with Crippen LogP contribution in [-0.4, -0.2) is 9.97 Å². The van der Waals surface area contributed by atoms with E-state index in [1.54, 1.807) is 12.1 Å². The fraction of sp³-hybridized carbons (Fsp3) is 0.0667. The van der Waals surface area contributed by atoms with E-state index in [0.29, 0.717) is 21.9 Å². The number of aryl methyl sites for hydroxylation is 1. The summed E-state index contributed by atoms with van der Waals surface area (Å²) in [6, 6.07) is 10.2. The molecule has 0 aliphatic heterocycles. The third-order valence-electron chi connectivity index (χ3n) is 2.99. The predicted molar refractivity (Wildman–Crippen MR) is 79.7 cm³/mol. The molecule has 0 fully saturated rings. The van der Waals surface area contributed by atoms with Crippen LogP contribution in [0.3, 0.4) is 0 Å². The van der Waals surface area contributed by atoms with Gasteiger partial charge in [-0.25, -0.2) is 14.4 Å². The zero-order valence-corrected chi connectivity index (χ0v) is 12.0. The minimum absolute atomic E-state index is 0.0831. The summed E-state index contributed by atoms with van der Waals surface area (Å²) in [4.78, 5) is 8.49. The molecule has 0 atom stereocenters. The molecule has 0 amide bonds. The number of nitrogens with zero attached hydrogens (tertiary/aromatic N) is 2. The predicted octanol–water partition coefficient (Wildman–Crippen LogP) is 5.05. The highest BCUT2D eigenvalue weighted by Gasteiger charge is 2.13. The molecule has 0 radical (unpaired) electrons. The van der Waals surface area contributed by atoms with Crippen molar-refractivity contribution in [2.45, 2.75) is 6.92 Å². The fourth-order valence-electron chi connectivity index (χ4n) is 2.02. The lowest BCUT2D eigenvalue weighted by Gasteiger charge is -2.07. The molecular weight excluding hydrogens is 298 g/mol. The lowest BCUT2D eigenvalue weighted by Crippen LogP contribution is -1.94. The van der Waals surface area contributed by atoms with Crippen molar-refractivity contribution in [3.8, 4) is 11.4 Å². The highest BCUT2D eigenvalue weighted by atomic mass is 35.5. The second-order valence-corrected chi connectivity index (χ2v) is 5.22. The van der Waals surface area contributed by atoms with Crippen LogP contribution in [0, 0.1) is 12.7 Å². The second kappa shape index (κ2) is 5.00. The van der Waals surface area contributed by atoms with Crippen LogP contribution in [0.2, 0.25) is 10.2 Å². The minimum Gasteiger partial charge on any atom is -0.228 e. The molecule has 0 N–H and O–H groups in total. The van der Waals surface area contributed by atoms with Gasteiger partial charge >= 0.3 is 0 Å². The Kier molecular flexibility index (Phi) is 3.32. The standard InChI is InChI=1S/C15H9Cl2FN2/c1-8-5-6-9(10(16)7-8)15-19-12-4-2-3-11(18)13(12)14(17)20-15/h2-7H,1H3. The van der Waals surface area contributed by atoms with Crippen LogP contribution in [-0.2, 0) is 0 Å². The number of fused-ring (bicyclic) bond motifs is 1. The molecule has 20 heavy (non-hydrogen) atoms. The Balaban J connectivity index is 2.28. The van der Waals surface area contributed by atoms with E-state index in [4.69, 9.17) is 23.2 Å². The number of aromatic nitrogens is 2. The van der Waals surface area contributed by atoms with E-state index in [0.717, 1.165) is 5.56 Å². The maximum absolute atomic E-state index is 13.7. The van der Waals surface area contributed by atoms with Gasteiger partial charge in [0, 0.05) is 5.56 Å². The lowest BCUT2D eigenvalue weighted by atomic mass is 10.1.